The number of anilines is 3. The van der Waals surface area contributed by atoms with Crippen molar-refractivity contribution in [1.82, 2.24) is 24.9 Å². The molecule has 3 aromatic rings. The molecule has 32 heavy (non-hydrogen) atoms. The number of rotatable bonds is 6. The predicted octanol–water partition coefficient (Wildman–Crippen LogP) is 2.40. The van der Waals surface area contributed by atoms with E-state index in [0.29, 0.717) is 35.1 Å². The summed E-state index contributed by atoms with van der Waals surface area (Å²) in [6.45, 7) is 0.762. The number of nitrogens with one attached hydrogen (secondary N) is 3. The maximum absolute atomic E-state index is 12.8. The second kappa shape index (κ2) is 8.71. The molecular weight excluding hydrogens is 410 g/mol. The third-order valence-electron chi connectivity index (χ3n) is 6.06. The molecule has 3 atom stereocenters. The largest absolute Gasteiger partial charge is 0.391 e. The lowest BCUT2D eigenvalue weighted by atomic mass is 9.89. The molecule has 10 heteroatoms. The van der Waals surface area contributed by atoms with Crippen LogP contribution in [0.3, 0.4) is 0 Å². The van der Waals surface area contributed by atoms with Crippen LogP contribution in [0.2, 0.25) is 0 Å². The minimum absolute atomic E-state index is 0.0146. The molecule has 0 spiro atoms. The van der Waals surface area contributed by atoms with E-state index >= 15 is 0 Å². The van der Waals surface area contributed by atoms with Crippen LogP contribution in [-0.2, 0) is 4.74 Å². The van der Waals surface area contributed by atoms with Gasteiger partial charge in [-0.2, -0.15) is 9.61 Å². The lowest BCUT2D eigenvalue weighted by Gasteiger charge is -2.32. The van der Waals surface area contributed by atoms with Crippen LogP contribution in [0.4, 0.5) is 17.5 Å². The van der Waals surface area contributed by atoms with Gasteiger partial charge in [-0.05, 0) is 44.2 Å². The van der Waals surface area contributed by atoms with Crippen LogP contribution < -0.4 is 16.0 Å². The SMILES string of the molecule is CNc1cc(Nc2cccc([C@@H]3CCCCO3)n2)nc2c(C(=O)N[C@H]3CC[C@H]3O)cnn12. The van der Waals surface area contributed by atoms with Gasteiger partial charge in [0.05, 0.1) is 30.1 Å². The third-order valence-corrected chi connectivity index (χ3v) is 6.06. The normalized spacial score (nSPS) is 22.9. The second-order valence-corrected chi connectivity index (χ2v) is 8.22. The standard InChI is InChI=1S/C22H27N7O3/c1-23-20-11-19(27-18-7-4-5-15(25-18)17-6-2-3-10-32-17)28-21-13(12-24-29(20)21)22(31)26-14-8-9-16(14)30/h4-5,7,11-12,14,16-17,23,30H,2-3,6,8-10H2,1H3,(H,26,31)(H,25,27,28)/t14-,16+,17-/m0/s1. The van der Waals surface area contributed by atoms with Gasteiger partial charge in [-0.1, -0.05) is 6.07 Å². The Morgan fingerprint density at radius 2 is 2.09 bits per heavy atom. The van der Waals surface area contributed by atoms with E-state index in [1.807, 2.05) is 24.3 Å². The minimum atomic E-state index is -0.495. The first kappa shape index (κ1) is 20.7. The number of hydrogen-bond acceptors (Lipinski definition) is 8. The molecule has 2 fully saturated rings. The van der Waals surface area contributed by atoms with Gasteiger partial charge in [-0.3, -0.25) is 4.79 Å². The molecular formula is C22H27N7O3. The Morgan fingerprint density at radius 1 is 1.19 bits per heavy atom. The molecule has 1 amide bonds. The van der Waals surface area contributed by atoms with E-state index in [1.54, 1.807) is 11.6 Å². The van der Waals surface area contributed by atoms with Crippen molar-refractivity contribution in [3.8, 4) is 0 Å². The highest BCUT2D eigenvalue weighted by molar-refractivity contribution is 6.00. The summed E-state index contributed by atoms with van der Waals surface area (Å²) in [5.41, 5.74) is 1.66. The monoisotopic (exact) mass is 437 g/mol. The molecule has 5 rings (SSSR count). The highest BCUT2D eigenvalue weighted by Gasteiger charge is 2.31. The topological polar surface area (TPSA) is 126 Å². The van der Waals surface area contributed by atoms with E-state index < -0.39 is 6.10 Å². The van der Waals surface area contributed by atoms with Gasteiger partial charge in [0.2, 0.25) is 0 Å². The molecule has 168 valence electrons. The van der Waals surface area contributed by atoms with Crippen molar-refractivity contribution >= 4 is 29.0 Å². The Labute approximate surface area is 185 Å². The molecule has 1 saturated carbocycles. The zero-order valence-corrected chi connectivity index (χ0v) is 17.9. The van der Waals surface area contributed by atoms with Crippen molar-refractivity contribution < 1.29 is 14.6 Å². The molecule has 1 aliphatic heterocycles. The number of nitrogens with zero attached hydrogens (tertiary/aromatic N) is 4. The number of hydrogen-bond donors (Lipinski definition) is 4. The smallest absolute Gasteiger partial charge is 0.257 e. The summed E-state index contributed by atoms with van der Waals surface area (Å²) < 4.78 is 7.44. The minimum Gasteiger partial charge on any atom is -0.391 e. The predicted molar refractivity (Wildman–Crippen MR) is 119 cm³/mol. The molecule has 4 N–H and O–H groups in total. The van der Waals surface area contributed by atoms with Crippen molar-refractivity contribution in [1.29, 1.82) is 0 Å². The lowest BCUT2D eigenvalue weighted by molar-refractivity contribution is 0.0124. The fraction of sp³-hybridized carbons (Fsp3) is 0.455. The van der Waals surface area contributed by atoms with E-state index in [4.69, 9.17) is 9.72 Å². The van der Waals surface area contributed by atoms with E-state index in [2.05, 4.69) is 26.0 Å². The average molecular weight is 438 g/mol. The molecule has 2 aliphatic rings. The highest BCUT2D eigenvalue weighted by Crippen LogP contribution is 2.28. The van der Waals surface area contributed by atoms with Crippen molar-refractivity contribution in [2.24, 2.45) is 0 Å². The van der Waals surface area contributed by atoms with Crippen molar-refractivity contribution in [2.75, 3.05) is 24.3 Å². The highest BCUT2D eigenvalue weighted by atomic mass is 16.5. The van der Waals surface area contributed by atoms with Gasteiger partial charge in [0.1, 0.15) is 23.0 Å². The van der Waals surface area contributed by atoms with Crippen LogP contribution in [0.25, 0.3) is 5.65 Å². The summed E-state index contributed by atoms with van der Waals surface area (Å²) >= 11 is 0. The molecule has 0 unspecified atom stereocenters. The number of aromatic nitrogens is 4. The van der Waals surface area contributed by atoms with E-state index in [0.717, 1.165) is 38.0 Å². The zero-order valence-electron chi connectivity index (χ0n) is 17.9. The first-order valence-electron chi connectivity index (χ1n) is 11.0. The molecule has 10 nitrogen and oxygen atoms in total. The van der Waals surface area contributed by atoms with Crippen LogP contribution in [0.5, 0.6) is 0 Å². The number of aliphatic hydroxyl groups excluding tert-OH is 1. The average Bonchev–Trinajstić information content (AvgIpc) is 3.26. The number of carbonyl (C=O) groups is 1. The van der Waals surface area contributed by atoms with E-state index in [1.165, 1.54) is 6.20 Å². The number of aliphatic hydroxyl groups is 1. The Kier molecular flexibility index (Phi) is 5.62. The van der Waals surface area contributed by atoms with Gasteiger partial charge >= 0.3 is 0 Å². The fourth-order valence-corrected chi connectivity index (χ4v) is 4.07. The first-order chi connectivity index (χ1) is 15.6. The number of amides is 1. The third kappa shape index (κ3) is 3.98. The van der Waals surface area contributed by atoms with E-state index in [9.17, 15) is 9.90 Å². The molecule has 0 radical (unpaired) electrons. The van der Waals surface area contributed by atoms with Crippen LogP contribution in [0.1, 0.15) is 54.3 Å². The summed E-state index contributed by atoms with van der Waals surface area (Å²) in [5.74, 6) is 1.56. The maximum Gasteiger partial charge on any atom is 0.257 e. The summed E-state index contributed by atoms with van der Waals surface area (Å²) in [7, 11) is 1.78. The Morgan fingerprint density at radius 3 is 2.81 bits per heavy atom. The van der Waals surface area contributed by atoms with Crippen LogP contribution in [0.15, 0.2) is 30.5 Å². The number of carbonyl (C=O) groups excluding carboxylic acids is 1. The Bertz CT molecular complexity index is 1130. The van der Waals surface area contributed by atoms with Gasteiger partial charge in [0, 0.05) is 19.7 Å². The summed E-state index contributed by atoms with van der Waals surface area (Å²) in [5, 5.41) is 23.3. The molecule has 1 aliphatic carbocycles. The molecule has 4 heterocycles. The quantitative estimate of drug-likeness (QED) is 0.463. The lowest BCUT2D eigenvalue weighted by Crippen LogP contribution is -2.50. The van der Waals surface area contributed by atoms with Crippen molar-refractivity contribution in [3.05, 3.63) is 41.7 Å². The maximum atomic E-state index is 12.8. The molecule has 1 saturated heterocycles. The van der Waals surface area contributed by atoms with Gasteiger partial charge in [0.15, 0.2) is 5.65 Å². The zero-order chi connectivity index (χ0) is 22.1. The van der Waals surface area contributed by atoms with Crippen molar-refractivity contribution in [2.45, 2.75) is 50.4 Å². The van der Waals surface area contributed by atoms with Crippen LogP contribution in [-0.4, -0.2) is 56.4 Å². The molecule has 0 aromatic carbocycles. The van der Waals surface area contributed by atoms with E-state index in [-0.39, 0.29) is 18.1 Å². The Balaban J connectivity index is 1.42. The first-order valence-corrected chi connectivity index (χ1v) is 11.0. The van der Waals surface area contributed by atoms with Crippen LogP contribution in [0, 0.1) is 0 Å². The number of ether oxygens (including phenoxy) is 1. The van der Waals surface area contributed by atoms with Crippen LogP contribution >= 0.6 is 0 Å². The van der Waals surface area contributed by atoms with Gasteiger partial charge in [0.25, 0.3) is 5.91 Å². The second-order valence-electron chi connectivity index (χ2n) is 8.22. The summed E-state index contributed by atoms with van der Waals surface area (Å²) in [4.78, 5) is 22.1. The summed E-state index contributed by atoms with van der Waals surface area (Å²) in [6, 6.07) is 7.38. The van der Waals surface area contributed by atoms with Gasteiger partial charge in [-0.15, -0.1) is 0 Å². The van der Waals surface area contributed by atoms with Gasteiger partial charge in [-0.25, -0.2) is 9.97 Å². The Hall–Kier alpha value is -3.24. The number of fused-ring (bicyclic) bond motifs is 1. The fourth-order valence-electron chi connectivity index (χ4n) is 4.07. The van der Waals surface area contributed by atoms with Gasteiger partial charge < -0.3 is 25.8 Å². The summed E-state index contributed by atoms with van der Waals surface area (Å²) in [6.07, 6.45) is 5.67. The van der Waals surface area contributed by atoms with Crippen molar-refractivity contribution in [3.63, 3.8) is 0 Å². The molecule has 3 aromatic heterocycles. The number of pyridine rings is 1. The molecule has 0 bridgehead atoms.